The SMILES string of the molecule is Cc1c(S(=O)(=O)O)ccc2[nH]c3cc4c(=O)c5ccccc5[nH]c4c(C)c3c(=O)c12. The second-order valence-corrected chi connectivity index (χ2v) is 8.78. The third-order valence-electron chi connectivity index (χ3n) is 5.67. The molecule has 0 atom stereocenters. The van der Waals surface area contributed by atoms with Crippen LogP contribution in [0, 0.1) is 13.8 Å². The van der Waals surface area contributed by atoms with Crippen molar-refractivity contribution >= 4 is 53.7 Å². The Morgan fingerprint density at radius 1 is 0.767 bits per heavy atom. The Morgan fingerprint density at radius 3 is 2.20 bits per heavy atom. The van der Waals surface area contributed by atoms with Crippen LogP contribution in [0.1, 0.15) is 11.1 Å². The molecule has 0 bridgehead atoms. The zero-order chi connectivity index (χ0) is 21.4. The Bertz CT molecular complexity index is 1780. The minimum Gasteiger partial charge on any atom is -0.354 e. The predicted molar refractivity (Wildman–Crippen MR) is 117 cm³/mol. The molecule has 3 aromatic carbocycles. The van der Waals surface area contributed by atoms with Crippen molar-refractivity contribution in [3.8, 4) is 0 Å². The fourth-order valence-electron chi connectivity index (χ4n) is 4.26. The summed E-state index contributed by atoms with van der Waals surface area (Å²) in [4.78, 5) is 32.5. The van der Waals surface area contributed by atoms with Crippen molar-refractivity contribution < 1.29 is 13.0 Å². The van der Waals surface area contributed by atoms with Gasteiger partial charge in [0, 0.05) is 16.3 Å². The summed E-state index contributed by atoms with van der Waals surface area (Å²) in [5.74, 6) is 0. The molecule has 0 fully saturated rings. The van der Waals surface area contributed by atoms with E-state index >= 15 is 0 Å². The Morgan fingerprint density at radius 2 is 1.47 bits per heavy atom. The Labute approximate surface area is 169 Å². The lowest BCUT2D eigenvalue weighted by atomic mass is 9.99. The topological polar surface area (TPSA) is 120 Å². The minimum atomic E-state index is -4.47. The summed E-state index contributed by atoms with van der Waals surface area (Å²) in [5.41, 5.74) is 2.39. The van der Waals surface area contributed by atoms with Crippen LogP contribution in [0.15, 0.2) is 56.9 Å². The molecule has 0 saturated carbocycles. The largest absolute Gasteiger partial charge is 0.354 e. The Hall–Kier alpha value is -3.49. The van der Waals surface area contributed by atoms with Crippen LogP contribution in [0.25, 0.3) is 43.6 Å². The number of fused-ring (bicyclic) bond motifs is 4. The number of H-pyrrole nitrogens is 2. The first-order valence-electron chi connectivity index (χ1n) is 9.19. The van der Waals surface area contributed by atoms with Gasteiger partial charge in [0.2, 0.25) is 0 Å². The first kappa shape index (κ1) is 18.5. The Balaban J connectivity index is 2.04. The van der Waals surface area contributed by atoms with Gasteiger partial charge in [-0.1, -0.05) is 12.1 Å². The van der Waals surface area contributed by atoms with Gasteiger partial charge in [-0.2, -0.15) is 8.42 Å². The van der Waals surface area contributed by atoms with Crippen LogP contribution in [0.3, 0.4) is 0 Å². The number of nitrogens with one attached hydrogen (secondary N) is 2. The molecule has 0 aliphatic rings. The fraction of sp³-hybridized carbons (Fsp3) is 0.0909. The number of aromatic amines is 2. The van der Waals surface area contributed by atoms with Crippen LogP contribution >= 0.6 is 0 Å². The zero-order valence-corrected chi connectivity index (χ0v) is 16.8. The number of aromatic nitrogens is 2. The van der Waals surface area contributed by atoms with Gasteiger partial charge in [-0.15, -0.1) is 0 Å². The van der Waals surface area contributed by atoms with Crippen molar-refractivity contribution in [2.24, 2.45) is 0 Å². The van der Waals surface area contributed by atoms with Crippen molar-refractivity contribution in [1.82, 2.24) is 9.97 Å². The summed E-state index contributed by atoms with van der Waals surface area (Å²) in [7, 11) is -4.47. The lowest BCUT2D eigenvalue weighted by Gasteiger charge is -2.12. The quantitative estimate of drug-likeness (QED) is 0.283. The number of pyridine rings is 2. The highest BCUT2D eigenvalue weighted by molar-refractivity contribution is 7.85. The standard InChI is InChI=1S/C22H16N2O5S/c1-10-17(30(27,28)29)8-7-15-18(10)22(26)19-11(2)20-13(9-16(19)23-15)21(25)12-5-3-4-6-14(12)24-20/h3-9H,1-2H3,(H,23,26)(H,24,25)(H,27,28,29). The third kappa shape index (κ3) is 2.44. The second kappa shape index (κ2) is 6.01. The molecule has 7 nitrogen and oxygen atoms in total. The molecule has 2 heterocycles. The lowest BCUT2D eigenvalue weighted by molar-refractivity contribution is 0.482. The van der Waals surface area contributed by atoms with E-state index in [2.05, 4.69) is 9.97 Å². The monoisotopic (exact) mass is 420 g/mol. The zero-order valence-electron chi connectivity index (χ0n) is 16.0. The molecule has 5 rings (SSSR count). The summed E-state index contributed by atoms with van der Waals surface area (Å²) in [5, 5.41) is 1.56. The average molecular weight is 420 g/mol. The molecule has 8 heteroatoms. The van der Waals surface area contributed by atoms with Crippen LogP contribution in [-0.2, 0) is 10.1 Å². The molecule has 0 unspecified atom stereocenters. The van der Waals surface area contributed by atoms with Gasteiger partial charge in [-0.3, -0.25) is 14.1 Å². The molecule has 0 aliphatic heterocycles. The first-order chi connectivity index (χ1) is 14.2. The highest BCUT2D eigenvalue weighted by atomic mass is 32.2. The van der Waals surface area contributed by atoms with Gasteiger partial charge in [0.1, 0.15) is 0 Å². The van der Waals surface area contributed by atoms with E-state index in [0.29, 0.717) is 43.8 Å². The maximum atomic E-state index is 13.4. The molecule has 5 aromatic rings. The van der Waals surface area contributed by atoms with E-state index in [-0.39, 0.29) is 26.7 Å². The summed E-state index contributed by atoms with van der Waals surface area (Å²) >= 11 is 0. The molecule has 0 spiro atoms. The number of para-hydroxylation sites is 1. The minimum absolute atomic E-state index is 0.136. The normalized spacial score (nSPS) is 12.4. The van der Waals surface area contributed by atoms with E-state index in [0.717, 1.165) is 0 Å². The number of rotatable bonds is 1. The Kier molecular flexibility index (Phi) is 3.71. The maximum Gasteiger partial charge on any atom is 0.294 e. The number of hydrogen-bond donors (Lipinski definition) is 3. The van der Waals surface area contributed by atoms with Crippen LogP contribution in [-0.4, -0.2) is 22.9 Å². The molecular weight excluding hydrogens is 404 g/mol. The molecule has 30 heavy (non-hydrogen) atoms. The molecule has 2 aromatic heterocycles. The molecule has 150 valence electrons. The number of aryl methyl sites for hydroxylation is 2. The van der Waals surface area contributed by atoms with E-state index in [1.54, 1.807) is 31.2 Å². The van der Waals surface area contributed by atoms with Crippen molar-refractivity contribution in [2.75, 3.05) is 0 Å². The maximum absolute atomic E-state index is 13.4. The average Bonchev–Trinajstić information content (AvgIpc) is 2.68. The summed E-state index contributed by atoms with van der Waals surface area (Å²) in [6, 6.07) is 11.5. The van der Waals surface area contributed by atoms with E-state index in [4.69, 9.17) is 0 Å². The first-order valence-corrected chi connectivity index (χ1v) is 10.6. The lowest BCUT2D eigenvalue weighted by Crippen LogP contribution is -2.12. The van der Waals surface area contributed by atoms with E-state index < -0.39 is 10.1 Å². The summed E-state index contributed by atoms with van der Waals surface area (Å²) in [6.45, 7) is 3.23. The van der Waals surface area contributed by atoms with Crippen LogP contribution in [0.2, 0.25) is 0 Å². The van der Waals surface area contributed by atoms with Gasteiger partial charge in [-0.25, -0.2) is 0 Å². The molecule has 3 N–H and O–H groups in total. The van der Waals surface area contributed by atoms with Crippen molar-refractivity contribution in [3.63, 3.8) is 0 Å². The van der Waals surface area contributed by atoms with Gasteiger partial charge in [0.05, 0.1) is 32.2 Å². The van der Waals surface area contributed by atoms with E-state index in [1.165, 1.54) is 19.1 Å². The summed E-state index contributed by atoms with van der Waals surface area (Å²) < 4.78 is 32.8. The van der Waals surface area contributed by atoms with Gasteiger partial charge in [0.25, 0.3) is 10.1 Å². The number of hydrogen-bond acceptors (Lipinski definition) is 4. The molecule has 0 saturated heterocycles. The van der Waals surface area contributed by atoms with E-state index in [9.17, 15) is 22.6 Å². The van der Waals surface area contributed by atoms with Crippen molar-refractivity contribution in [1.29, 1.82) is 0 Å². The highest BCUT2D eigenvalue weighted by Gasteiger charge is 2.20. The van der Waals surface area contributed by atoms with Gasteiger partial charge in [0.15, 0.2) is 10.9 Å². The van der Waals surface area contributed by atoms with E-state index in [1.807, 2.05) is 6.07 Å². The number of benzene rings is 3. The molecule has 0 aliphatic carbocycles. The highest BCUT2D eigenvalue weighted by Crippen LogP contribution is 2.28. The second-order valence-electron chi connectivity index (χ2n) is 7.39. The third-order valence-corrected chi connectivity index (χ3v) is 6.67. The van der Waals surface area contributed by atoms with Gasteiger partial charge in [-0.05, 0) is 55.3 Å². The van der Waals surface area contributed by atoms with Crippen LogP contribution < -0.4 is 10.9 Å². The predicted octanol–water partition coefficient (Wildman–Crippen LogP) is 3.54. The molecule has 0 amide bonds. The molecule has 0 radical (unpaired) electrons. The van der Waals surface area contributed by atoms with Crippen molar-refractivity contribution in [3.05, 3.63) is 74.0 Å². The smallest absolute Gasteiger partial charge is 0.294 e. The van der Waals surface area contributed by atoms with Crippen LogP contribution in [0.4, 0.5) is 0 Å². The molecular formula is C22H16N2O5S. The fourth-order valence-corrected chi connectivity index (χ4v) is 4.99. The van der Waals surface area contributed by atoms with Crippen molar-refractivity contribution in [2.45, 2.75) is 18.7 Å². The van der Waals surface area contributed by atoms with Crippen LogP contribution in [0.5, 0.6) is 0 Å². The van der Waals surface area contributed by atoms with Gasteiger partial charge >= 0.3 is 0 Å². The summed E-state index contributed by atoms with van der Waals surface area (Å²) in [6.07, 6.45) is 0. The van der Waals surface area contributed by atoms with Gasteiger partial charge < -0.3 is 9.97 Å².